The first kappa shape index (κ1) is 11.5. The minimum Gasteiger partial charge on any atom is -0.496 e. The van der Waals surface area contributed by atoms with Gasteiger partial charge in [0.1, 0.15) is 5.75 Å². The van der Waals surface area contributed by atoms with E-state index in [1.807, 2.05) is 0 Å². The van der Waals surface area contributed by atoms with E-state index in [2.05, 4.69) is 12.1 Å². The van der Waals surface area contributed by atoms with Crippen LogP contribution in [-0.2, 0) is 19.3 Å². The summed E-state index contributed by atoms with van der Waals surface area (Å²) in [6, 6.07) is 4.54. The van der Waals surface area contributed by atoms with Crippen LogP contribution in [0.15, 0.2) is 12.1 Å². The van der Waals surface area contributed by atoms with Crippen LogP contribution in [0.25, 0.3) is 0 Å². The minimum absolute atomic E-state index is 0.690. The number of rotatable bonds is 3. The van der Waals surface area contributed by atoms with Crippen LogP contribution in [0, 0.1) is 0 Å². The quantitative estimate of drug-likeness (QED) is 0.793. The molecule has 0 spiro atoms. The predicted molar refractivity (Wildman–Crippen MR) is 67.0 cm³/mol. The van der Waals surface area contributed by atoms with Crippen LogP contribution in [0.2, 0.25) is 0 Å². The summed E-state index contributed by atoms with van der Waals surface area (Å²) in [5.41, 5.74) is 9.90. The molecule has 88 valence electrons. The molecule has 0 aromatic heterocycles. The van der Waals surface area contributed by atoms with Crippen LogP contribution in [0.5, 0.6) is 5.75 Å². The molecule has 16 heavy (non-hydrogen) atoms. The van der Waals surface area contributed by atoms with Gasteiger partial charge in [-0.05, 0) is 61.4 Å². The third-order valence-corrected chi connectivity index (χ3v) is 3.41. The first-order chi connectivity index (χ1) is 7.85. The van der Waals surface area contributed by atoms with Crippen molar-refractivity contribution in [1.29, 1.82) is 0 Å². The van der Waals surface area contributed by atoms with E-state index < -0.39 is 0 Å². The van der Waals surface area contributed by atoms with E-state index in [0.29, 0.717) is 6.54 Å². The van der Waals surface area contributed by atoms with E-state index in [1.165, 1.54) is 48.8 Å². The van der Waals surface area contributed by atoms with Crippen molar-refractivity contribution in [3.05, 3.63) is 28.8 Å². The Kier molecular flexibility index (Phi) is 3.83. The molecule has 1 aliphatic carbocycles. The molecule has 0 aliphatic heterocycles. The first-order valence-corrected chi connectivity index (χ1v) is 6.24. The molecule has 0 fully saturated rings. The number of methoxy groups -OCH3 is 1. The Morgan fingerprint density at radius 3 is 2.44 bits per heavy atom. The van der Waals surface area contributed by atoms with Gasteiger partial charge in [0, 0.05) is 0 Å². The number of benzene rings is 1. The molecule has 0 saturated heterocycles. The minimum atomic E-state index is 0.690. The second-order valence-electron chi connectivity index (χ2n) is 4.53. The Morgan fingerprint density at radius 2 is 1.81 bits per heavy atom. The average Bonchev–Trinajstić information content (AvgIpc) is 2.53. The molecular weight excluding hydrogens is 198 g/mol. The summed E-state index contributed by atoms with van der Waals surface area (Å²) in [4.78, 5) is 0. The lowest BCUT2D eigenvalue weighted by Crippen LogP contribution is -2.06. The molecule has 0 atom stereocenters. The molecule has 0 unspecified atom stereocenters. The fraction of sp³-hybridized carbons (Fsp3) is 0.571. The second-order valence-corrected chi connectivity index (χ2v) is 4.53. The summed E-state index contributed by atoms with van der Waals surface area (Å²) in [7, 11) is 1.75. The zero-order chi connectivity index (χ0) is 11.4. The molecule has 0 radical (unpaired) electrons. The highest BCUT2D eigenvalue weighted by molar-refractivity contribution is 5.43. The van der Waals surface area contributed by atoms with E-state index in [0.717, 1.165) is 12.2 Å². The van der Waals surface area contributed by atoms with E-state index >= 15 is 0 Å². The number of nitrogens with two attached hydrogens (primary N) is 1. The summed E-state index contributed by atoms with van der Waals surface area (Å²) < 4.78 is 5.45. The summed E-state index contributed by atoms with van der Waals surface area (Å²) in [5, 5.41) is 0. The molecule has 0 bridgehead atoms. The highest BCUT2D eigenvalue weighted by atomic mass is 16.5. The second kappa shape index (κ2) is 5.35. The van der Waals surface area contributed by atoms with Crippen molar-refractivity contribution in [3.8, 4) is 5.75 Å². The van der Waals surface area contributed by atoms with E-state index in [-0.39, 0.29) is 0 Å². The topological polar surface area (TPSA) is 35.2 Å². The van der Waals surface area contributed by atoms with Gasteiger partial charge in [-0.25, -0.2) is 0 Å². The summed E-state index contributed by atoms with van der Waals surface area (Å²) >= 11 is 0. The molecule has 0 heterocycles. The van der Waals surface area contributed by atoms with Gasteiger partial charge >= 0.3 is 0 Å². The van der Waals surface area contributed by atoms with Crippen LogP contribution < -0.4 is 10.5 Å². The first-order valence-electron chi connectivity index (χ1n) is 6.24. The van der Waals surface area contributed by atoms with E-state index in [1.54, 1.807) is 7.11 Å². The lowest BCUT2D eigenvalue weighted by molar-refractivity contribution is 0.409. The van der Waals surface area contributed by atoms with Crippen molar-refractivity contribution in [3.63, 3.8) is 0 Å². The third kappa shape index (κ3) is 2.38. The maximum atomic E-state index is 5.64. The van der Waals surface area contributed by atoms with Crippen LogP contribution in [0.1, 0.15) is 36.0 Å². The molecule has 2 nitrogen and oxygen atoms in total. The van der Waals surface area contributed by atoms with Gasteiger partial charge < -0.3 is 10.5 Å². The smallest absolute Gasteiger partial charge is 0.122 e. The van der Waals surface area contributed by atoms with Crippen molar-refractivity contribution in [2.75, 3.05) is 13.7 Å². The Hall–Kier alpha value is -1.02. The molecule has 0 saturated carbocycles. The van der Waals surface area contributed by atoms with Gasteiger partial charge in [-0.15, -0.1) is 0 Å². The molecule has 2 heteroatoms. The predicted octanol–water partition coefficient (Wildman–Crippen LogP) is 2.47. The van der Waals surface area contributed by atoms with Gasteiger partial charge in [0.2, 0.25) is 0 Å². The van der Waals surface area contributed by atoms with Gasteiger partial charge in [0.25, 0.3) is 0 Å². The standard InChI is InChI=1S/C14H21NO/c1-16-14-10-12-6-4-2-3-5-11(12)9-13(14)7-8-15/h9-10H,2-8,15H2,1H3. The molecule has 1 aromatic rings. The molecule has 1 aromatic carbocycles. The monoisotopic (exact) mass is 219 g/mol. The fourth-order valence-electron chi connectivity index (χ4n) is 2.53. The molecule has 2 rings (SSSR count). The average molecular weight is 219 g/mol. The van der Waals surface area contributed by atoms with Crippen LogP contribution in [0.3, 0.4) is 0 Å². The molecular formula is C14H21NO. The highest BCUT2D eigenvalue weighted by Crippen LogP contribution is 2.28. The number of aryl methyl sites for hydroxylation is 2. The summed E-state index contributed by atoms with van der Waals surface area (Å²) in [6.07, 6.45) is 7.32. The number of ether oxygens (including phenoxy) is 1. The highest BCUT2D eigenvalue weighted by Gasteiger charge is 2.12. The number of fused-ring (bicyclic) bond motifs is 1. The van der Waals surface area contributed by atoms with Gasteiger partial charge in [-0.3, -0.25) is 0 Å². The van der Waals surface area contributed by atoms with E-state index in [4.69, 9.17) is 10.5 Å². The van der Waals surface area contributed by atoms with Crippen LogP contribution >= 0.6 is 0 Å². The van der Waals surface area contributed by atoms with E-state index in [9.17, 15) is 0 Å². The zero-order valence-electron chi connectivity index (χ0n) is 10.1. The largest absolute Gasteiger partial charge is 0.496 e. The summed E-state index contributed by atoms with van der Waals surface area (Å²) in [6.45, 7) is 0.690. The fourth-order valence-corrected chi connectivity index (χ4v) is 2.53. The van der Waals surface area contributed by atoms with Crippen molar-refractivity contribution in [2.45, 2.75) is 38.5 Å². The maximum Gasteiger partial charge on any atom is 0.122 e. The molecule has 1 aliphatic rings. The van der Waals surface area contributed by atoms with Crippen molar-refractivity contribution in [2.24, 2.45) is 5.73 Å². The molecule has 0 amide bonds. The van der Waals surface area contributed by atoms with Gasteiger partial charge in [-0.1, -0.05) is 12.5 Å². The Morgan fingerprint density at radius 1 is 1.12 bits per heavy atom. The number of hydrogen-bond donors (Lipinski definition) is 1. The third-order valence-electron chi connectivity index (χ3n) is 3.41. The van der Waals surface area contributed by atoms with Crippen molar-refractivity contribution in [1.82, 2.24) is 0 Å². The number of hydrogen-bond acceptors (Lipinski definition) is 2. The lowest BCUT2D eigenvalue weighted by atomic mass is 9.98. The normalized spacial score (nSPS) is 15.4. The van der Waals surface area contributed by atoms with Gasteiger partial charge in [0.05, 0.1) is 7.11 Å². The zero-order valence-corrected chi connectivity index (χ0v) is 10.1. The van der Waals surface area contributed by atoms with Gasteiger partial charge in [-0.2, -0.15) is 0 Å². The Balaban J connectivity index is 2.36. The lowest BCUT2D eigenvalue weighted by Gasteiger charge is -2.13. The van der Waals surface area contributed by atoms with Gasteiger partial charge in [0.15, 0.2) is 0 Å². The van der Waals surface area contributed by atoms with Crippen molar-refractivity contribution < 1.29 is 4.74 Å². The SMILES string of the molecule is COc1cc2c(cc1CCN)CCCCC2. The Labute approximate surface area is 97.8 Å². The Bertz CT molecular complexity index is 359. The summed E-state index contributed by atoms with van der Waals surface area (Å²) in [5.74, 6) is 1.02. The van der Waals surface area contributed by atoms with Crippen LogP contribution in [0.4, 0.5) is 0 Å². The maximum absolute atomic E-state index is 5.64. The van der Waals surface area contributed by atoms with Crippen LogP contribution in [-0.4, -0.2) is 13.7 Å². The van der Waals surface area contributed by atoms with Crippen molar-refractivity contribution >= 4 is 0 Å². The molecule has 2 N–H and O–H groups in total.